The fourth-order valence-corrected chi connectivity index (χ4v) is 2.51. The number of aryl methyl sites for hydroxylation is 1. The number of rotatable bonds is 3. The number of aromatic nitrogens is 2. The molecule has 0 bridgehead atoms. The molecular formula is C13H16BrN3O. The van der Waals surface area contributed by atoms with E-state index in [1.54, 1.807) is 0 Å². The number of furan rings is 1. The third-order valence-corrected chi connectivity index (χ3v) is 3.40. The first-order valence-corrected chi connectivity index (χ1v) is 6.64. The molecule has 96 valence electrons. The summed E-state index contributed by atoms with van der Waals surface area (Å²) in [7, 11) is 1.84. The van der Waals surface area contributed by atoms with Gasteiger partial charge in [0.2, 0.25) is 0 Å². The molecule has 2 heterocycles. The highest BCUT2D eigenvalue weighted by Gasteiger charge is 2.16. The summed E-state index contributed by atoms with van der Waals surface area (Å²) in [4.78, 5) is 9.03. The Morgan fingerprint density at radius 1 is 1.28 bits per heavy atom. The lowest BCUT2D eigenvalue weighted by Crippen LogP contribution is -2.04. The highest BCUT2D eigenvalue weighted by Crippen LogP contribution is 2.31. The van der Waals surface area contributed by atoms with E-state index in [-0.39, 0.29) is 0 Å². The van der Waals surface area contributed by atoms with Crippen LogP contribution in [0.2, 0.25) is 0 Å². The zero-order valence-electron chi connectivity index (χ0n) is 10.9. The average Bonchev–Trinajstić information content (AvgIpc) is 2.76. The van der Waals surface area contributed by atoms with Crippen molar-refractivity contribution in [2.24, 2.45) is 0 Å². The van der Waals surface area contributed by atoms with E-state index in [1.165, 1.54) is 0 Å². The summed E-state index contributed by atoms with van der Waals surface area (Å²) in [6, 6.07) is 3.80. The van der Waals surface area contributed by atoms with Crippen molar-refractivity contribution in [2.45, 2.75) is 26.7 Å². The van der Waals surface area contributed by atoms with Gasteiger partial charge in [0.25, 0.3) is 0 Å². The minimum atomic E-state index is 0.310. The standard InChI is InChI=1S/C13H16BrN3O/c1-7(2)11-10(14)13(15-4)17-12(16-11)9-6-5-8(3)18-9/h5-7H,1-4H3,(H,15,16,17). The van der Waals surface area contributed by atoms with Crippen LogP contribution in [-0.4, -0.2) is 17.0 Å². The zero-order valence-corrected chi connectivity index (χ0v) is 12.5. The smallest absolute Gasteiger partial charge is 0.197 e. The maximum absolute atomic E-state index is 5.58. The Bertz CT molecular complexity index is 563. The lowest BCUT2D eigenvalue weighted by molar-refractivity contribution is 0.543. The lowest BCUT2D eigenvalue weighted by Gasteiger charge is -2.12. The number of nitrogens with one attached hydrogen (secondary N) is 1. The minimum absolute atomic E-state index is 0.310. The van der Waals surface area contributed by atoms with Gasteiger partial charge in [-0.05, 0) is 40.9 Å². The van der Waals surface area contributed by atoms with Gasteiger partial charge in [-0.1, -0.05) is 13.8 Å². The quantitative estimate of drug-likeness (QED) is 0.932. The number of anilines is 1. The Kier molecular flexibility index (Phi) is 3.71. The van der Waals surface area contributed by atoms with Crippen molar-refractivity contribution in [2.75, 3.05) is 12.4 Å². The molecule has 2 aromatic heterocycles. The van der Waals surface area contributed by atoms with Gasteiger partial charge in [0, 0.05) is 7.05 Å². The van der Waals surface area contributed by atoms with E-state index in [0.29, 0.717) is 17.5 Å². The highest BCUT2D eigenvalue weighted by atomic mass is 79.9. The maximum Gasteiger partial charge on any atom is 0.197 e. The third-order valence-electron chi connectivity index (χ3n) is 2.62. The molecule has 0 aliphatic rings. The molecule has 0 spiro atoms. The first-order valence-electron chi connectivity index (χ1n) is 5.85. The first-order chi connectivity index (χ1) is 8.52. The van der Waals surface area contributed by atoms with E-state index in [2.05, 4.69) is 45.1 Å². The Morgan fingerprint density at radius 3 is 2.50 bits per heavy atom. The van der Waals surface area contributed by atoms with Crippen LogP contribution in [0.15, 0.2) is 21.0 Å². The molecule has 18 heavy (non-hydrogen) atoms. The summed E-state index contributed by atoms with van der Waals surface area (Å²) >= 11 is 3.54. The molecule has 0 aliphatic heterocycles. The molecule has 0 radical (unpaired) electrons. The number of hydrogen-bond donors (Lipinski definition) is 1. The summed E-state index contributed by atoms with van der Waals surface area (Å²) in [6.45, 7) is 6.11. The van der Waals surface area contributed by atoms with Crippen LogP contribution in [0.25, 0.3) is 11.6 Å². The van der Waals surface area contributed by atoms with Crippen LogP contribution in [0, 0.1) is 6.92 Å². The predicted molar refractivity (Wildman–Crippen MR) is 75.8 cm³/mol. The summed E-state index contributed by atoms with van der Waals surface area (Å²) in [5.41, 5.74) is 0.971. The Hall–Kier alpha value is -1.36. The molecule has 0 fully saturated rings. The van der Waals surface area contributed by atoms with E-state index < -0.39 is 0 Å². The monoisotopic (exact) mass is 309 g/mol. The Balaban J connectivity index is 2.58. The van der Waals surface area contributed by atoms with Crippen LogP contribution >= 0.6 is 15.9 Å². The van der Waals surface area contributed by atoms with Crippen LogP contribution in [0.3, 0.4) is 0 Å². The third kappa shape index (κ3) is 2.41. The van der Waals surface area contributed by atoms with Crippen molar-refractivity contribution in [3.05, 3.63) is 28.1 Å². The van der Waals surface area contributed by atoms with Gasteiger partial charge in [-0.3, -0.25) is 0 Å². The Labute approximate surface area is 115 Å². The molecule has 0 unspecified atom stereocenters. The fraction of sp³-hybridized carbons (Fsp3) is 0.385. The fourth-order valence-electron chi connectivity index (χ4n) is 1.68. The van der Waals surface area contributed by atoms with Crippen molar-refractivity contribution in [1.82, 2.24) is 9.97 Å². The van der Waals surface area contributed by atoms with Crippen molar-refractivity contribution in [3.8, 4) is 11.6 Å². The maximum atomic E-state index is 5.58. The average molecular weight is 310 g/mol. The number of hydrogen-bond acceptors (Lipinski definition) is 4. The molecule has 0 aromatic carbocycles. The van der Waals surface area contributed by atoms with E-state index in [9.17, 15) is 0 Å². The Morgan fingerprint density at radius 2 is 2.00 bits per heavy atom. The largest absolute Gasteiger partial charge is 0.458 e. The molecule has 0 atom stereocenters. The molecule has 0 saturated heterocycles. The van der Waals surface area contributed by atoms with Crippen LogP contribution in [0.4, 0.5) is 5.82 Å². The van der Waals surface area contributed by atoms with Gasteiger partial charge in [-0.2, -0.15) is 0 Å². The number of nitrogens with zero attached hydrogens (tertiary/aromatic N) is 2. The molecule has 4 nitrogen and oxygen atoms in total. The molecule has 5 heteroatoms. The van der Waals surface area contributed by atoms with Crippen LogP contribution < -0.4 is 5.32 Å². The second-order valence-electron chi connectivity index (χ2n) is 4.41. The second-order valence-corrected chi connectivity index (χ2v) is 5.20. The molecule has 2 aromatic rings. The second kappa shape index (κ2) is 5.10. The molecule has 2 rings (SSSR count). The van der Waals surface area contributed by atoms with Crippen molar-refractivity contribution in [1.29, 1.82) is 0 Å². The first kappa shape index (κ1) is 13.1. The van der Waals surface area contributed by atoms with E-state index in [4.69, 9.17) is 4.42 Å². The van der Waals surface area contributed by atoms with E-state index in [1.807, 2.05) is 26.1 Å². The van der Waals surface area contributed by atoms with Crippen LogP contribution in [0.1, 0.15) is 31.2 Å². The summed E-state index contributed by atoms with van der Waals surface area (Å²) < 4.78 is 6.48. The topological polar surface area (TPSA) is 51.0 Å². The van der Waals surface area contributed by atoms with Gasteiger partial charge in [0.05, 0.1) is 10.2 Å². The zero-order chi connectivity index (χ0) is 13.3. The molecular weight excluding hydrogens is 294 g/mol. The van der Waals surface area contributed by atoms with Crippen LogP contribution in [-0.2, 0) is 0 Å². The molecule has 0 aliphatic carbocycles. The lowest BCUT2D eigenvalue weighted by atomic mass is 10.1. The van der Waals surface area contributed by atoms with Gasteiger partial charge >= 0.3 is 0 Å². The van der Waals surface area contributed by atoms with Gasteiger partial charge < -0.3 is 9.73 Å². The minimum Gasteiger partial charge on any atom is -0.458 e. The van der Waals surface area contributed by atoms with Crippen LogP contribution in [0.5, 0.6) is 0 Å². The van der Waals surface area contributed by atoms with Crippen molar-refractivity contribution in [3.63, 3.8) is 0 Å². The summed E-state index contributed by atoms with van der Waals surface area (Å²) in [5, 5.41) is 3.07. The van der Waals surface area contributed by atoms with E-state index >= 15 is 0 Å². The summed E-state index contributed by atoms with van der Waals surface area (Å²) in [6.07, 6.45) is 0. The van der Waals surface area contributed by atoms with Gasteiger partial charge in [-0.25, -0.2) is 9.97 Å². The van der Waals surface area contributed by atoms with Gasteiger partial charge in [0.1, 0.15) is 11.6 Å². The van der Waals surface area contributed by atoms with Crippen molar-refractivity contribution >= 4 is 21.7 Å². The SMILES string of the molecule is CNc1nc(-c2ccc(C)o2)nc(C(C)C)c1Br. The molecule has 0 saturated carbocycles. The molecule has 1 N–H and O–H groups in total. The number of halogens is 1. The normalized spacial score (nSPS) is 11.0. The highest BCUT2D eigenvalue weighted by molar-refractivity contribution is 9.10. The van der Waals surface area contributed by atoms with E-state index in [0.717, 1.165) is 21.7 Å². The summed E-state index contributed by atoms with van der Waals surface area (Å²) in [5.74, 6) is 3.24. The predicted octanol–water partition coefficient (Wildman–Crippen LogP) is 3.97. The van der Waals surface area contributed by atoms with Gasteiger partial charge in [0.15, 0.2) is 11.6 Å². The van der Waals surface area contributed by atoms with Gasteiger partial charge in [-0.15, -0.1) is 0 Å². The van der Waals surface area contributed by atoms with Crippen molar-refractivity contribution < 1.29 is 4.42 Å². The molecule has 0 amide bonds.